The Morgan fingerprint density at radius 1 is 1.44 bits per heavy atom. The quantitative estimate of drug-likeness (QED) is 0.345. The maximum Gasteiger partial charge on any atom is 1.00 e. The summed E-state index contributed by atoms with van der Waals surface area (Å²) < 4.78 is 4.98. The maximum atomic E-state index is 5.11. The molecule has 0 amide bonds. The van der Waals surface area contributed by atoms with Gasteiger partial charge in [-0.2, -0.15) is 0 Å². The number of hydrogen-bond donors (Lipinski definition) is 1. The summed E-state index contributed by atoms with van der Waals surface area (Å²) in [6.45, 7) is 7.41. The topological polar surface area (TPSA) is 35.2 Å². The number of hydrogen-bond acceptors (Lipinski definition) is 2. The first-order valence-electron chi connectivity index (χ1n) is 2.84. The summed E-state index contributed by atoms with van der Waals surface area (Å²) in [5, 5.41) is 0. The molecule has 0 aromatic rings. The zero-order valence-corrected chi connectivity index (χ0v) is 6.90. The van der Waals surface area contributed by atoms with E-state index in [1.165, 1.54) is 0 Å². The number of ether oxygens (including phenoxy) is 1. The summed E-state index contributed by atoms with van der Waals surface area (Å²) in [5.74, 6) is 0. The van der Waals surface area contributed by atoms with Gasteiger partial charge in [-0.15, -0.1) is 0 Å². The molecule has 0 aliphatic carbocycles. The van der Waals surface area contributed by atoms with E-state index in [9.17, 15) is 0 Å². The summed E-state index contributed by atoms with van der Waals surface area (Å²) in [6, 6.07) is 0. The average molecular weight is 125 g/mol. The Bertz CT molecular complexity index is 65.3. The monoisotopic (exact) mass is 125 g/mol. The van der Waals surface area contributed by atoms with Crippen LogP contribution in [0.25, 0.3) is 0 Å². The summed E-state index contributed by atoms with van der Waals surface area (Å²) in [4.78, 5) is 0. The van der Waals surface area contributed by atoms with Gasteiger partial charge in [-0.3, -0.25) is 0 Å². The van der Waals surface area contributed by atoms with Gasteiger partial charge in [-0.25, -0.2) is 0 Å². The third-order valence-electron chi connectivity index (χ3n) is 0.653. The molecular formula is C6H16LiNO. The third kappa shape index (κ3) is 11.9. The second-order valence-corrected chi connectivity index (χ2v) is 3.08. The van der Waals surface area contributed by atoms with Crippen LogP contribution >= 0.6 is 0 Å². The Balaban J connectivity index is -0.000000245. The van der Waals surface area contributed by atoms with Crippen LogP contribution in [0, 0.1) is 5.41 Å². The largest absolute Gasteiger partial charge is 1.00 e. The molecule has 0 atom stereocenters. The van der Waals surface area contributed by atoms with Crippen molar-refractivity contribution in [3.8, 4) is 0 Å². The van der Waals surface area contributed by atoms with Gasteiger partial charge in [0.25, 0.3) is 0 Å². The van der Waals surface area contributed by atoms with E-state index in [1.54, 1.807) is 0 Å². The van der Waals surface area contributed by atoms with Crippen LogP contribution in [-0.2, 0) is 4.74 Å². The molecule has 2 N–H and O–H groups in total. The maximum absolute atomic E-state index is 5.11. The molecule has 0 aromatic carbocycles. The molecular weight excluding hydrogens is 109 g/mol. The Labute approximate surface area is 70.8 Å². The number of nitrogens with two attached hydrogens (primary N) is 1. The van der Waals surface area contributed by atoms with Crippen molar-refractivity contribution >= 4 is 0 Å². The zero-order valence-electron chi connectivity index (χ0n) is 7.90. The predicted octanol–water partition coefficient (Wildman–Crippen LogP) is -1.92. The molecule has 0 heterocycles. The molecule has 3 heteroatoms. The van der Waals surface area contributed by atoms with Gasteiger partial charge >= 0.3 is 18.9 Å². The van der Waals surface area contributed by atoms with Gasteiger partial charge in [0.05, 0.1) is 13.3 Å². The van der Waals surface area contributed by atoms with Crippen molar-refractivity contribution in [2.75, 3.05) is 13.3 Å². The molecule has 0 aliphatic heterocycles. The van der Waals surface area contributed by atoms with Crippen molar-refractivity contribution in [1.29, 1.82) is 0 Å². The van der Waals surface area contributed by atoms with Crippen LogP contribution in [-0.4, -0.2) is 13.3 Å². The van der Waals surface area contributed by atoms with E-state index in [0.717, 1.165) is 6.61 Å². The van der Waals surface area contributed by atoms with E-state index in [1.807, 2.05) is 0 Å². The van der Waals surface area contributed by atoms with E-state index in [-0.39, 0.29) is 25.7 Å². The first-order valence-corrected chi connectivity index (χ1v) is 2.84. The van der Waals surface area contributed by atoms with E-state index in [4.69, 9.17) is 10.5 Å². The van der Waals surface area contributed by atoms with E-state index in [0.29, 0.717) is 6.73 Å². The van der Waals surface area contributed by atoms with Gasteiger partial charge in [-0.1, -0.05) is 20.8 Å². The van der Waals surface area contributed by atoms with Crippen molar-refractivity contribution in [1.82, 2.24) is 0 Å². The molecule has 0 radical (unpaired) electrons. The van der Waals surface area contributed by atoms with Gasteiger partial charge < -0.3 is 11.9 Å². The first kappa shape index (κ1) is 12.2. The van der Waals surface area contributed by atoms with E-state index in [2.05, 4.69) is 20.8 Å². The molecule has 9 heavy (non-hydrogen) atoms. The molecule has 0 bridgehead atoms. The Kier molecular flexibility index (Phi) is 7.21. The Morgan fingerprint density at radius 3 is 2.00 bits per heavy atom. The fourth-order valence-corrected chi connectivity index (χ4v) is 0.365. The summed E-state index contributed by atoms with van der Waals surface area (Å²) in [6.07, 6.45) is 0. The van der Waals surface area contributed by atoms with Crippen LogP contribution in [0.3, 0.4) is 0 Å². The minimum Gasteiger partial charge on any atom is -1.00 e. The molecule has 0 saturated carbocycles. The van der Waals surface area contributed by atoms with Crippen molar-refractivity contribution in [3.05, 3.63) is 0 Å². The molecule has 0 aromatic heterocycles. The normalized spacial score (nSPS) is 10.7. The first-order chi connectivity index (χ1) is 3.56. The van der Waals surface area contributed by atoms with Crippen LogP contribution in [0.4, 0.5) is 0 Å². The van der Waals surface area contributed by atoms with Crippen LogP contribution in [0.15, 0.2) is 0 Å². The van der Waals surface area contributed by atoms with Gasteiger partial charge in [0, 0.05) is 0 Å². The standard InChI is InChI=1S/C6H15NO.Li.H/c1-6(2,3)4-8-5-7;;/h4-5,7H2,1-3H3;;/q;+1;-1. The van der Waals surface area contributed by atoms with Gasteiger partial charge in [-0.05, 0) is 5.41 Å². The van der Waals surface area contributed by atoms with Crippen LogP contribution in [0.2, 0.25) is 0 Å². The van der Waals surface area contributed by atoms with Crippen LogP contribution in [0.5, 0.6) is 0 Å². The molecule has 0 aliphatic rings. The Morgan fingerprint density at radius 2 is 1.89 bits per heavy atom. The van der Waals surface area contributed by atoms with Crippen molar-refractivity contribution in [2.45, 2.75) is 20.8 Å². The van der Waals surface area contributed by atoms with Crippen molar-refractivity contribution in [2.24, 2.45) is 11.1 Å². The number of rotatable bonds is 2. The molecule has 0 unspecified atom stereocenters. The molecule has 52 valence electrons. The van der Waals surface area contributed by atoms with Crippen molar-refractivity contribution < 1.29 is 25.0 Å². The van der Waals surface area contributed by atoms with Gasteiger partial charge in [0.15, 0.2) is 0 Å². The van der Waals surface area contributed by atoms with Crippen LogP contribution < -0.4 is 24.6 Å². The minimum absolute atomic E-state index is 0. The average Bonchev–Trinajstić information content (AvgIpc) is 1.59. The van der Waals surface area contributed by atoms with Crippen molar-refractivity contribution in [3.63, 3.8) is 0 Å². The Hall–Kier alpha value is 0.517. The molecule has 0 fully saturated rings. The zero-order chi connectivity index (χ0) is 6.62. The summed E-state index contributed by atoms with van der Waals surface area (Å²) in [7, 11) is 0. The smallest absolute Gasteiger partial charge is 1.00 e. The minimum atomic E-state index is 0. The molecule has 0 spiro atoms. The molecule has 0 rings (SSSR count). The molecule has 2 nitrogen and oxygen atoms in total. The second-order valence-electron chi connectivity index (χ2n) is 3.08. The fraction of sp³-hybridized carbons (Fsp3) is 1.00. The van der Waals surface area contributed by atoms with Crippen LogP contribution in [0.1, 0.15) is 22.2 Å². The van der Waals surface area contributed by atoms with Gasteiger partial charge in [0.1, 0.15) is 0 Å². The third-order valence-corrected chi connectivity index (χ3v) is 0.653. The predicted molar refractivity (Wildman–Crippen MR) is 35.6 cm³/mol. The fourth-order valence-electron chi connectivity index (χ4n) is 0.365. The second kappa shape index (κ2) is 5.31. The summed E-state index contributed by atoms with van der Waals surface area (Å²) in [5.41, 5.74) is 5.36. The summed E-state index contributed by atoms with van der Waals surface area (Å²) >= 11 is 0. The van der Waals surface area contributed by atoms with E-state index >= 15 is 0 Å². The SMILES string of the molecule is CC(C)(C)COCN.[H-].[Li+]. The molecule has 0 saturated heterocycles. The van der Waals surface area contributed by atoms with Gasteiger partial charge in [0.2, 0.25) is 0 Å². The van der Waals surface area contributed by atoms with E-state index < -0.39 is 0 Å².